The third-order valence-corrected chi connectivity index (χ3v) is 4.56. The highest BCUT2D eigenvalue weighted by molar-refractivity contribution is 7.80. The van der Waals surface area contributed by atoms with Crippen molar-refractivity contribution in [2.75, 3.05) is 26.2 Å². The zero-order valence-corrected chi connectivity index (χ0v) is 14.3. The molecule has 0 aromatic heterocycles. The van der Waals surface area contributed by atoms with Gasteiger partial charge in [0.1, 0.15) is 4.99 Å². The summed E-state index contributed by atoms with van der Waals surface area (Å²) in [5.74, 6) is 0.0730. The molecule has 4 nitrogen and oxygen atoms in total. The number of nitrogens with two attached hydrogens (primary N) is 1. The molecule has 0 atom stereocenters. The van der Waals surface area contributed by atoms with E-state index in [1.807, 2.05) is 11.0 Å². The number of hydrogen-bond donors (Lipinski definition) is 1. The highest BCUT2D eigenvalue weighted by Crippen LogP contribution is 2.12. The van der Waals surface area contributed by atoms with Gasteiger partial charge in [0, 0.05) is 43.9 Å². The van der Waals surface area contributed by atoms with Crippen LogP contribution in [-0.2, 0) is 6.54 Å². The number of piperazine rings is 1. The van der Waals surface area contributed by atoms with Crippen molar-refractivity contribution in [3.8, 4) is 0 Å². The van der Waals surface area contributed by atoms with Crippen molar-refractivity contribution in [2.45, 2.75) is 6.54 Å². The summed E-state index contributed by atoms with van der Waals surface area (Å²) in [5.41, 5.74) is 8.38. The Labute approximate surface area is 147 Å². The van der Waals surface area contributed by atoms with E-state index in [4.69, 9.17) is 18.0 Å². The van der Waals surface area contributed by atoms with Crippen LogP contribution in [0.25, 0.3) is 0 Å². The van der Waals surface area contributed by atoms with E-state index in [1.165, 1.54) is 5.56 Å². The molecule has 1 fully saturated rings. The van der Waals surface area contributed by atoms with Crippen LogP contribution in [0.2, 0.25) is 0 Å². The molecule has 2 aromatic rings. The summed E-state index contributed by atoms with van der Waals surface area (Å²) in [4.78, 5) is 17.2. The number of hydrogen-bond acceptors (Lipinski definition) is 3. The Morgan fingerprint density at radius 1 is 0.917 bits per heavy atom. The van der Waals surface area contributed by atoms with Crippen molar-refractivity contribution in [2.24, 2.45) is 5.73 Å². The average molecular weight is 339 g/mol. The normalized spacial score (nSPS) is 15.2. The molecule has 1 aliphatic heterocycles. The Morgan fingerprint density at radius 3 is 2.08 bits per heavy atom. The number of nitrogens with zero attached hydrogens (tertiary/aromatic N) is 2. The Kier molecular flexibility index (Phi) is 5.23. The molecule has 0 unspecified atom stereocenters. The average Bonchev–Trinajstić information content (AvgIpc) is 2.63. The predicted octanol–water partition coefficient (Wildman–Crippen LogP) is 2.28. The first kappa shape index (κ1) is 16.6. The van der Waals surface area contributed by atoms with E-state index in [9.17, 15) is 4.79 Å². The van der Waals surface area contributed by atoms with Crippen LogP contribution in [0.4, 0.5) is 0 Å². The van der Waals surface area contributed by atoms with Gasteiger partial charge < -0.3 is 10.6 Å². The summed E-state index contributed by atoms with van der Waals surface area (Å²) in [6.45, 7) is 4.23. The molecular formula is C19H21N3OS. The van der Waals surface area contributed by atoms with E-state index in [0.717, 1.165) is 38.3 Å². The summed E-state index contributed by atoms with van der Waals surface area (Å²) in [5, 5.41) is 0. The van der Waals surface area contributed by atoms with Crippen molar-refractivity contribution in [3.63, 3.8) is 0 Å². The first-order chi connectivity index (χ1) is 11.6. The smallest absolute Gasteiger partial charge is 0.253 e. The van der Waals surface area contributed by atoms with Crippen LogP contribution < -0.4 is 5.73 Å². The summed E-state index contributed by atoms with van der Waals surface area (Å²) in [6, 6.07) is 17.6. The Hall–Kier alpha value is -2.24. The molecule has 5 heteroatoms. The third kappa shape index (κ3) is 3.99. The Morgan fingerprint density at radius 2 is 1.50 bits per heavy atom. The topological polar surface area (TPSA) is 49.6 Å². The van der Waals surface area contributed by atoms with Gasteiger partial charge >= 0.3 is 0 Å². The standard InChI is InChI=1S/C19H21N3OS/c20-18(24)16-6-8-17(9-7-16)19(23)22-12-10-21(11-13-22)14-15-4-2-1-3-5-15/h1-9H,10-14H2,(H2,20,24). The van der Waals surface area contributed by atoms with Crippen LogP contribution >= 0.6 is 12.2 Å². The van der Waals surface area contributed by atoms with Gasteiger partial charge in [-0.1, -0.05) is 54.7 Å². The third-order valence-electron chi connectivity index (χ3n) is 4.32. The number of rotatable bonds is 4. The minimum absolute atomic E-state index is 0.0730. The number of carbonyl (C=O) groups is 1. The highest BCUT2D eigenvalue weighted by Gasteiger charge is 2.22. The van der Waals surface area contributed by atoms with E-state index in [-0.39, 0.29) is 5.91 Å². The Bertz CT molecular complexity index is 707. The maximum absolute atomic E-state index is 12.6. The molecule has 24 heavy (non-hydrogen) atoms. The van der Waals surface area contributed by atoms with E-state index < -0.39 is 0 Å². The van der Waals surface area contributed by atoms with Gasteiger partial charge in [-0.15, -0.1) is 0 Å². The quantitative estimate of drug-likeness (QED) is 0.868. The van der Waals surface area contributed by atoms with Gasteiger partial charge in [-0.05, 0) is 17.7 Å². The molecule has 1 heterocycles. The molecular weight excluding hydrogens is 318 g/mol. The van der Waals surface area contributed by atoms with Crippen LogP contribution in [-0.4, -0.2) is 46.9 Å². The minimum Gasteiger partial charge on any atom is -0.389 e. The van der Waals surface area contributed by atoms with Gasteiger partial charge in [0.25, 0.3) is 5.91 Å². The number of carbonyl (C=O) groups excluding carboxylic acids is 1. The SMILES string of the molecule is NC(=S)c1ccc(C(=O)N2CCN(Cc3ccccc3)CC2)cc1. The highest BCUT2D eigenvalue weighted by atomic mass is 32.1. The predicted molar refractivity (Wildman–Crippen MR) is 100.0 cm³/mol. The number of thiocarbonyl (C=S) groups is 1. The first-order valence-corrected chi connectivity index (χ1v) is 8.50. The second kappa shape index (κ2) is 7.55. The maximum atomic E-state index is 12.6. The van der Waals surface area contributed by atoms with Crippen molar-refractivity contribution in [1.82, 2.24) is 9.80 Å². The lowest BCUT2D eigenvalue weighted by atomic mass is 10.1. The molecule has 1 saturated heterocycles. The minimum atomic E-state index is 0.0730. The molecule has 2 aromatic carbocycles. The monoisotopic (exact) mass is 339 g/mol. The summed E-state index contributed by atoms with van der Waals surface area (Å²) in [6.07, 6.45) is 0. The van der Waals surface area contributed by atoms with E-state index in [1.54, 1.807) is 24.3 Å². The van der Waals surface area contributed by atoms with Crippen LogP contribution in [0.5, 0.6) is 0 Å². The van der Waals surface area contributed by atoms with Crippen LogP contribution in [0.1, 0.15) is 21.5 Å². The lowest BCUT2D eigenvalue weighted by molar-refractivity contribution is 0.0628. The van der Waals surface area contributed by atoms with Gasteiger partial charge in [-0.3, -0.25) is 9.69 Å². The fourth-order valence-electron chi connectivity index (χ4n) is 2.91. The van der Waals surface area contributed by atoms with Gasteiger partial charge in [0.15, 0.2) is 0 Å². The van der Waals surface area contributed by atoms with Crippen LogP contribution in [0.15, 0.2) is 54.6 Å². The van der Waals surface area contributed by atoms with Crippen molar-refractivity contribution in [3.05, 3.63) is 71.3 Å². The summed E-state index contributed by atoms with van der Waals surface area (Å²) in [7, 11) is 0. The molecule has 0 bridgehead atoms. The fourth-order valence-corrected chi connectivity index (χ4v) is 3.05. The zero-order chi connectivity index (χ0) is 16.9. The second-order valence-corrected chi connectivity index (χ2v) is 6.44. The van der Waals surface area contributed by atoms with E-state index in [2.05, 4.69) is 29.2 Å². The molecule has 124 valence electrons. The largest absolute Gasteiger partial charge is 0.389 e. The van der Waals surface area contributed by atoms with E-state index in [0.29, 0.717) is 10.6 Å². The zero-order valence-electron chi connectivity index (χ0n) is 13.5. The van der Waals surface area contributed by atoms with Crippen molar-refractivity contribution in [1.29, 1.82) is 0 Å². The van der Waals surface area contributed by atoms with Gasteiger partial charge in [-0.25, -0.2) is 0 Å². The van der Waals surface area contributed by atoms with Crippen molar-refractivity contribution >= 4 is 23.1 Å². The second-order valence-electron chi connectivity index (χ2n) is 6.00. The molecule has 0 spiro atoms. The first-order valence-electron chi connectivity index (χ1n) is 8.09. The van der Waals surface area contributed by atoms with Gasteiger partial charge in [0.05, 0.1) is 0 Å². The molecule has 1 amide bonds. The molecule has 1 aliphatic rings. The summed E-state index contributed by atoms with van der Waals surface area (Å²) >= 11 is 4.94. The Balaban J connectivity index is 1.56. The van der Waals surface area contributed by atoms with Gasteiger partial charge in [-0.2, -0.15) is 0 Å². The number of benzene rings is 2. The van der Waals surface area contributed by atoms with Crippen LogP contribution in [0.3, 0.4) is 0 Å². The maximum Gasteiger partial charge on any atom is 0.253 e. The lowest BCUT2D eigenvalue weighted by Crippen LogP contribution is -2.48. The molecule has 0 aliphatic carbocycles. The lowest BCUT2D eigenvalue weighted by Gasteiger charge is -2.34. The fraction of sp³-hybridized carbons (Fsp3) is 0.263. The van der Waals surface area contributed by atoms with Gasteiger partial charge in [0.2, 0.25) is 0 Å². The van der Waals surface area contributed by atoms with E-state index >= 15 is 0 Å². The van der Waals surface area contributed by atoms with Crippen LogP contribution in [0, 0.1) is 0 Å². The molecule has 0 radical (unpaired) electrons. The summed E-state index contributed by atoms with van der Waals surface area (Å²) < 4.78 is 0. The van der Waals surface area contributed by atoms with Crippen molar-refractivity contribution < 1.29 is 4.79 Å². The number of amides is 1. The molecule has 3 rings (SSSR count). The molecule has 0 saturated carbocycles. The molecule has 2 N–H and O–H groups in total.